The minimum absolute atomic E-state index is 0.205. The van der Waals surface area contributed by atoms with Gasteiger partial charge in [0.1, 0.15) is 0 Å². The first-order valence-electron chi connectivity index (χ1n) is 11.1. The molecule has 36 heavy (non-hydrogen) atoms. The first-order chi connectivity index (χ1) is 17.2. The molecule has 3 aromatic rings. The summed E-state index contributed by atoms with van der Waals surface area (Å²) < 4.78 is 11.0. The Kier molecular flexibility index (Phi) is 8.77. The van der Waals surface area contributed by atoms with Crippen molar-refractivity contribution in [1.29, 1.82) is 0 Å². The van der Waals surface area contributed by atoms with Crippen LogP contribution in [0.3, 0.4) is 0 Å². The summed E-state index contributed by atoms with van der Waals surface area (Å²) in [5, 5.41) is 9.13. The van der Waals surface area contributed by atoms with Crippen LogP contribution in [0, 0.1) is 20.8 Å². The number of rotatable bonds is 8. The Balaban J connectivity index is 1.53. The number of nitrogens with one attached hydrogen (secondary N) is 3. The standard InChI is InChI=1S/C27H28N4O5/c1-17-5-9-21(10-6-17)29-26(33)27(34)31-28-15-20-8-12-23(24(14-20)35-4)36-16-25(32)30-22-11-7-18(2)13-19(22)3/h5-15H,16H2,1-4H3,(H,29,33)(H,30,32)(H,31,34)/b28-15-. The molecule has 186 valence electrons. The van der Waals surface area contributed by atoms with Gasteiger partial charge < -0.3 is 20.1 Å². The number of carbonyl (C=O) groups is 3. The van der Waals surface area contributed by atoms with Crippen molar-refractivity contribution in [1.82, 2.24) is 5.43 Å². The van der Waals surface area contributed by atoms with Gasteiger partial charge in [0.05, 0.1) is 13.3 Å². The normalized spacial score (nSPS) is 10.6. The summed E-state index contributed by atoms with van der Waals surface area (Å²) in [5.41, 5.74) is 7.10. The summed E-state index contributed by atoms with van der Waals surface area (Å²) >= 11 is 0. The molecule has 0 atom stereocenters. The highest BCUT2D eigenvalue weighted by molar-refractivity contribution is 6.39. The molecule has 9 heteroatoms. The van der Waals surface area contributed by atoms with Gasteiger partial charge in [-0.15, -0.1) is 0 Å². The smallest absolute Gasteiger partial charge is 0.329 e. The van der Waals surface area contributed by atoms with Crippen molar-refractivity contribution >= 4 is 35.3 Å². The van der Waals surface area contributed by atoms with Crippen molar-refractivity contribution in [2.24, 2.45) is 5.10 Å². The largest absolute Gasteiger partial charge is 0.493 e. The molecule has 0 bridgehead atoms. The molecule has 3 rings (SSSR count). The van der Waals surface area contributed by atoms with Gasteiger partial charge in [-0.25, -0.2) is 5.43 Å². The number of methoxy groups -OCH3 is 1. The minimum atomic E-state index is -0.909. The third kappa shape index (κ3) is 7.42. The second-order valence-electron chi connectivity index (χ2n) is 8.08. The molecule has 0 heterocycles. The van der Waals surface area contributed by atoms with E-state index in [1.54, 1.807) is 30.3 Å². The van der Waals surface area contributed by atoms with E-state index in [4.69, 9.17) is 9.47 Å². The topological polar surface area (TPSA) is 118 Å². The van der Waals surface area contributed by atoms with Crippen molar-refractivity contribution in [3.05, 3.63) is 82.9 Å². The zero-order valence-electron chi connectivity index (χ0n) is 20.5. The first kappa shape index (κ1) is 26.0. The van der Waals surface area contributed by atoms with Crippen molar-refractivity contribution in [2.45, 2.75) is 20.8 Å². The maximum atomic E-state index is 12.3. The Morgan fingerprint density at radius 2 is 1.56 bits per heavy atom. The number of aryl methyl sites for hydroxylation is 3. The molecule has 3 N–H and O–H groups in total. The fraction of sp³-hybridized carbons (Fsp3) is 0.185. The van der Waals surface area contributed by atoms with E-state index < -0.39 is 11.8 Å². The Morgan fingerprint density at radius 1 is 0.833 bits per heavy atom. The Morgan fingerprint density at radius 3 is 2.25 bits per heavy atom. The molecule has 9 nitrogen and oxygen atoms in total. The second-order valence-corrected chi connectivity index (χ2v) is 8.08. The van der Waals surface area contributed by atoms with E-state index in [-0.39, 0.29) is 12.5 Å². The fourth-order valence-electron chi connectivity index (χ4n) is 3.21. The summed E-state index contributed by atoms with van der Waals surface area (Å²) in [7, 11) is 1.47. The number of carbonyl (C=O) groups excluding carboxylic acids is 3. The van der Waals surface area contributed by atoms with Crippen molar-refractivity contribution in [3.63, 3.8) is 0 Å². The molecule has 0 aliphatic carbocycles. The van der Waals surface area contributed by atoms with Gasteiger partial charge in [-0.2, -0.15) is 5.10 Å². The molecule has 0 radical (unpaired) electrons. The molecule has 0 aliphatic heterocycles. The Labute approximate surface area is 209 Å². The van der Waals surface area contributed by atoms with Crippen LogP contribution in [0.2, 0.25) is 0 Å². The van der Waals surface area contributed by atoms with Crippen molar-refractivity contribution in [2.75, 3.05) is 24.4 Å². The zero-order valence-corrected chi connectivity index (χ0v) is 20.5. The van der Waals surface area contributed by atoms with Crippen LogP contribution < -0.4 is 25.5 Å². The number of ether oxygens (including phenoxy) is 2. The fourth-order valence-corrected chi connectivity index (χ4v) is 3.21. The molecule has 3 aromatic carbocycles. The highest BCUT2D eigenvalue weighted by atomic mass is 16.5. The van der Waals surface area contributed by atoms with Crippen LogP contribution in [0.15, 0.2) is 65.8 Å². The van der Waals surface area contributed by atoms with E-state index in [1.165, 1.54) is 13.3 Å². The van der Waals surface area contributed by atoms with Gasteiger partial charge in [0.15, 0.2) is 18.1 Å². The molecule has 3 amide bonds. The molecule has 0 fully saturated rings. The minimum Gasteiger partial charge on any atom is -0.493 e. The van der Waals surface area contributed by atoms with Crippen molar-refractivity contribution < 1.29 is 23.9 Å². The lowest BCUT2D eigenvalue weighted by molar-refractivity contribution is -0.136. The maximum absolute atomic E-state index is 12.3. The van der Waals surface area contributed by atoms with Gasteiger partial charge >= 0.3 is 11.8 Å². The lowest BCUT2D eigenvalue weighted by Gasteiger charge is -2.12. The quantitative estimate of drug-likeness (QED) is 0.254. The Bertz CT molecular complexity index is 1290. The summed E-state index contributed by atoms with van der Waals surface area (Å²) in [6.45, 7) is 5.62. The van der Waals surface area contributed by atoms with Gasteiger partial charge in [-0.1, -0.05) is 35.4 Å². The number of amides is 3. The number of nitrogens with zero attached hydrogens (tertiary/aromatic N) is 1. The molecular weight excluding hydrogens is 460 g/mol. The van der Waals surface area contributed by atoms with Crippen LogP contribution in [0.5, 0.6) is 11.5 Å². The second kappa shape index (κ2) is 12.2. The third-order valence-corrected chi connectivity index (χ3v) is 5.10. The SMILES string of the molecule is COc1cc(/C=N\NC(=O)C(=O)Nc2ccc(C)cc2)ccc1OCC(=O)Nc1ccc(C)cc1C. The highest BCUT2D eigenvalue weighted by Crippen LogP contribution is 2.27. The van der Waals surface area contributed by atoms with Gasteiger partial charge in [0.25, 0.3) is 5.91 Å². The third-order valence-electron chi connectivity index (χ3n) is 5.10. The monoisotopic (exact) mass is 488 g/mol. The summed E-state index contributed by atoms with van der Waals surface area (Å²) in [5.74, 6) is -1.31. The molecule has 0 unspecified atom stereocenters. The van der Waals surface area contributed by atoms with Crippen LogP contribution in [-0.2, 0) is 14.4 Å². The maximum Gasteiger partial charge on any atom is 0.329 e. The predicted octanol–water partition coefficient (Wildman–Crippen LogP) is 3.73. The van der Waals surface area contributed by atoms with E-state index in [9.17, 15) is 14.4 Å². The highest BCUT2D eigenvalue weighted by Gasteiger charge is 2.13. The molecule has 0 saturated carbocycles. The number of hydrazone groups is 1. The van der Waals surface area contributed by atoms with Crippen LogP contribution in [-0.4, -0.2) is 37.7 Å². The lowest BCUT2D eigenvalue weighted by Crippen LogP contribution is -2.32. The molecule has 0 aromatic heterocycles. The van der Waals surface area contributed by atoms with E-state index in [0.717, 1.165) is 22.4 Å². The van der Waals surface area contributed by atoms with E-state index in [1.807, 2.05) is 51.1 Å². The lowest BCUT2D eigenvalue weighted by atomic mass is 10.1. The zero-order chi connectivity index (χ0) is 26.1. The predicted molar refractivity (Wildman–Crippen MR) is 139 cm³/mol. The molecular formula is C27H28N4O5. The van der Waals surface area contributed by atoms with E-state index >= 15 is 0 Å². The number of benzene rings is 3. The molecule has 0 aliphatic rings. The molecule has 0 spiro atoms. The average Bonchev–Trinajstić information content (AvgIpc) is 2.86. The van der Waals surface area contributed by atoms with Crippen LogP contribution in [0.1, 0.15) is 22.3 Å². The average molecular weight is 489 g/mol. The van der Waals surface area contributed by atoms with Crippen LogP contribution in [0.4, 0.5) is 11.4 Å². The summed E-state index contributed by atoms with van der Waals surface area (Å²) in [6, 6.07) is 17.7. The number of hydrogen-bond acceptors (Lipinski definition) is 6. The van der Waals surface area contributed by atoms with Gasteiger partial charge in [-0.05, 0) is 68.3 Å². The molecule has 0 saturated heterocycles. The summed E-state index contributed by atoms with van der Waals surface area (Å²) in [6.07, 6.45) is 1.36. The van der Waals surface area contributed by atoms with Gasteiger partial charge in [-0.3, -0.25) is 14.4 Å². The number of hydrogen-bond donors (Lipinski definition) is 3. The summed E-state index contributed by atoms with van der Waals surface area (Å²) in [4.78, 5) is 36.3. The van der Waals surface area contributed by atoms with Crippen LogP contribution in [0.25, 0.3) is 0 Å². The Hall–Kier alpha value is -4.66. The first-order valence-corrected chi connectivity index (χ1v) is 11.1. The van der Waals surface area contributed by atoms with Gasteiger partial charge in [0, 0.05) is 11.4 Å². The van der Waals surface area contributed by atoms with Crippen LogP contribution >= 0.6 is 0 Å². The van der Waals surface area contributed by atoms with E-state index in [0.29, 0.717) is 22.7 Å². The van der Waals surface area contributed by atoms with Crippen molar-refractivity contribution in [3.8, 4) is 11.5 Å². The van der Waals surface area contributed by atoms with E-state index in [2.05, 4.69) is 21.2 Å². The number of anilines is 2. The van der Waals surface area contributed by atoms with Gasteiger partial charge in [0.2, 0.25) is 0 Å².